The summed E-state index contributed by atoms with van der Waals surface area (Å²) in [5, 5.41) is 3.08. The van der Waals surface area contributed by atoms with Crippen LogP contribution in [0, 0.1) is 29.6 Å². The van der Waals surface area contributed by atoms with Gasteiger partial charge in [-0.2, -0.15) is 0 Å². The second-order valence-electron chi connectivity index (χ2n) is 6.78. The molecule has 24 heavy (non-hydrogen) atoms. The van der Waals surface area contributed by atoms with E-state index in [4.69, 9.17) is 0 Å². The highest BCUT2D eigenvalue weighted by Gasteiger charge is 2.45. The third-order valence-corrected chi connectivity index (χ3v) is 5.78. The Bertz CT molecular complexity index is 470. The first-order chi connectivity index (χ1) is 11.7. The summed E-state index contributed by atoms with van der Waals surface area (Å²) < 4.78 is 0. The van der Waals surface area contributed by atoms with E-state index < -0.39 is 0 Å². The fourth-order valence-corrected chi connectivity index (χ4v) is 4.13. The van der Waals surface area contributed by atoms with Crippen LogP contribution in [0.15, 0.2) is 30.3 Å². The average Bonchev–Trinajstić information content (AvgIpc) is 2.91. The second kappa shape index (κ2) is 10.5. The normalized spacial score (nSPS) is 30.8. The molecular formula is C22H37NO. The highest BCUT2D eigenvalue weighted by Crippen LogP contribution is 2.50. The molecule has 0 aromatic heterocycles. The molecule has 1 amide bonds. The van der Waals surface area contributed by atoms with Gasteiger partial charge in [0.2, 0.25) is 5.91 Å². The maximum absolute atomic E-state index is 12.4. The van der Waals surface area contributed by atoms with E-state index in [1.165, 1.54) is 19.3 Å². The highest BCUT2D eigenvalue weighted by atomic mass is 16.1. The maximum Gasteiger partial charge on any atom is 0.227 e. The van der Waals surface area contributed by atoms with Crippen molar-refractivity contribution in [2.75, 3.05) is 5.32 Å². The predicted molar refractivity (Wildman–Crippen MR) is 105 cm³/mol. The summed E-state index contributed by atoms with van der Waals surface area (Å²) in [5.74, 6) is 3.49. The minimum Gasteiger partial charge on any atom is -0.326 e. The SMILES string of the molecule is CC.CC.C[C@H]1[C@@H]([C@H]2CC[C@@H]2C(=O)Nc2ccccc2)CC[C@H]1C. The Morgan fingerprint density at radius 2 is 1.46 bits per heavy atom. The van der Waals surface area contributed by atoms with Gasteiger partial charge in [0.25, 0.3) is 0 Å². The Balaban J connectivity index is 0.000000671. The van der Waals surface area contributed by atoms with E-state index in [2.05, 4.69) is 19.2 Å². The first kappa shape index (κ1) is 20.7. The van der Waals surface area contributed by atoms with Crippen molar-refractivity contribution in [1.29, 1.82) is 0 Å². The number of anilines is 1. The molecule has 2 nitrogen and oxygen atoms in total. The van der Waals surface area contributed by atoms with Crippen LogP contribution in [0.25, 0.3) is 0 Å². The highest BCUT2D eigenvalue weighted by molar-refractivity contribution is 5.93. The Morgan fingerprint density at radius 3 is 1.92 bits per heavy atom. The fraction of sp³-hybridized carbons (Fsp3) is 0.682. The summed E-state index contributed by atoms with van der Waals surface area (Å²) in [5.41, 5.74) is 0.927. The van der Waals surface area contributed by atoms with Crippen molar-refractivity contribution in [3.63, 3.8) is 0 Å². The zero-order valence-corrected chi connectivity index (χ0v) is 16.5. The molecule has 1 aromatic carbocycles. The lowest BCUT2D eigenvalue weighted by Crippen LogP contribution is -2.41. The molecule has 1 N–H and O–H groups in total. The lowest BCUT2D eigenvalue weighted by molar-refractivity contribution is -0.126. The van der Waals surface area contributed by atoms with Gasteiger partial charge in [0.1, 0.15) is 0 Å². The van der Waals surface area contributed by atoms with Crippen molar-refractivity contribution in [1.82, 2.24) is 0 Å². The summed E-state index contributed by atoms with van der Waals surface area (Å²) in [6.45, 7) is 12.7. The van der Waals surface area contributed by atoms with Gasteiger partial charge in [0.05, 0.1) is 0 Å². The van der Waals surface area contributed by atoms with E-state index in [0.29, 0.717) is 5.92 Å². The van der Waals surface area contributed by atoms with Crippen molar-refractivity contribution >= 4 is 11.6 Å². The van der Waals surface area contributed by atoms with Gasteiger partial charge in [-0.1, -0.05) is 66.2 Å². The van der Waals surface area contributed by atoms with Crippen LogP contribution in [-0.4, -0.2) is 5.91 Å². The molecule has 3 rings (SSSR count). The van der Waals surface area contributed by atoms with Crippen molar-refractivity contribution in [3.05, 3.63) is 30.3 Å². The van der Waals surface area contributed by atoms with E-state index in [9.17, 15) is 4.79 Å². The molecule has 1 aromatic rings. The van der Waals surface area contributed by atoms with Crippen molar-refractivity contribution < 1.29 is 4.79 Å². The molecule has 0 aliphatic heterocycles. The number of hydrogen-bond acceptors (Lipinski definition) is 1. The Hall–Kier alpha value is -1.31. The second-order valence-corrected chi connectivity index (χ2v) is 6.78. The molecule has 0 radical (unpaired) electrons. The summed E-state index contributed by atoms with van der Waals surface area (Å²) in [4.78, 5) is 12.4. The molecule has 136 valence electrons. The van der Waals surface area contributed by atoms with Crippen LogP contribution in [0.4, 0.5) is 5.69 Å². The molecule has 2 aliphatic rings. The molecule has 0 spiro atoms. The van der Waals surface area contributed by atoms with Gasteiger partial charge in [-0.15, -0.1) is 0 Å². The van der Waals surface area contributed by atoms with E-state index in [1.54, 1.807) is 0 Å². The minimum atomic E-state index is 0.235. The monoisotopic (exact) mass is 331 g/mol. The zero-order valence-electron chi connectivity index (χ0n) is 16.5. The molecule has 2 aliphatic carbocycles. The molecule has 2 fully saturated rings. The number of hydrogen-bond donors (Lipinski definition) is 1. The zero-order chi connectivity index (χ0) is 18.1. The molecule has 2 heteroatoms. The van der Waals surface area contributed by atoms with Crippen LogP contribution in [0.3, 0.4) is 0 Å². The summed E-state index contributed by atoms with van der Waals surface area (Å²) in [7, 11) is 0. The first-order valence-electron chi connectivity index (χ1n) is 10.0. The van der Waals surface area contributed by atoms with Crippen LogP contribution in [0.2, 0.25) is 0 Å². The number of carbonyl (C=O) groups excluding carboxylic acids is 1. The van der Waals surface area contributed by atoms with E-state index >= 15 is 0 Å². The number of amides is 1. The number of carbonyl (C=O) groups is 1. The summed E-state index contributed by atoms with van der Waals surface area (Å²) in [6, 6.07) is 9.84. The summed E-state index contributed by atoms with van der Waals surface area (Å²) in [6.07, 6.45) is 4.98. The third-order valence-electron chi connectivity index (χ3n) is 5.78. The van der Waals surface area contributed by atoms with Gasteiger partial charge in [-0.3, -0.25) is 4.79 Å². The molecule has 2 saturated carbocycles. The Kier molecular flexibility index (Phi) is 9.10. The number of nitrogens with one attached hydrogen (secondary N) is 1. The van der Waals surface area contributed by atoms with E-state index in [1.807, 2.05) is 58.0 Å². The number of rotatable bonds is 3. The smallest absolute Gasteiger partial charge is 0.227 e. The first-order valence-corrected chi connectivity index (χ1v) is 10.0. The van der Waals surface area contributed by atoms with Gasteiger partial charge in [0, 0.05) is 11.6 Å². The average molecular weight is 332 g/mol. The quantitative estimate of drug-likeness (QED) is 0.683. The van der Waals surface area contributed by atoms with Gasteiger partial charge in [-0.05, 0) is 55.1 Å². The van der Waals surface area contributed by atoms with Crippen molar-refractivity contribution in [2.24, 2.45) is 29.6 Å². The van der Waals surface area contributed by atoms with Crippen LogP contribution in [-0.2, 0) is 4.79 Å². The van der Waals surface area contributed by atoms with Gasteiger partial charge >= 0.3 is 0 Å². The lowest BCUT2D eigenvalue weighted by Gasteiger charge is -2.41. The fourth-order valence-electron chi connectivity index (χ4n) is 4.13. The molecule has 5 atom stereocenters. The topological polar surface area (TPSA) is 29.1 Å². The predicted octanol–water partition coefficient (Wildman–Crippen LogP) is 6.39. The van der Waals surface area contributed by atoms with Crippen molar-refractivity contribution in [3.8, 4) is 0 Å². The molecular weight excluding hydrogens is 294 g/mol. The van der Waals surface area contributed by atoms with Crippen LogP contribution < -0.4 is 5.32 Å². The van der Waals surface area contributed by atoms with Crippen LogP contribution >= 0.6 is 0 Å². The van der Waals surface area contributed by atoms with E-state index in [-0.39, 0.29) is 11.8 Å². The minimum absolute atomic E-state index is 0.235. The van der Waals surface area contributed by atoms with Gasteiger partial charge in [0.15, 0.2) is 0 Å². The largest absolute Gasteiger partial charge is 0.326 e. The Morgan fingerprint density at radius 1 is 0.875 bits per heavy atom. The molecule has 0 heterocycles. The number of para-hydroxylation sites is 1. The standard InChI is InChI=1S/C18H25NO.2C2H6/c1-12-8-9-15(13(12)2)16-10-11-17(16)18(20)19-14-6-4-3-5-7-14;2*1-2/h3-7,12-13,15-17H,8-11H2,1-2H3,(H,19,20);2*1-2H3/t12-,13-,15+,16-,17+;;/m1../s1. The molecule has 0 unspecified atom stereocenters. The third kappa shape index (κ3) is 4.84. The van der Waals surface area contributed by atoms with Crippen LogP contribution in [0.1, 0.15) is 67.2 Å². The molecule has 0 bridgehead atoms. The Labute approximate surface area is 149 Å². The number of benzene rings is 1. The van der Waals surface area contributed by atoms with Crippen LogP contribution in [0.5, 0.6) is 0 Å². The van der Waals surface area contributed by atoms with E-state index in [0.717, 1.165) is 29.9 Å². The van der Waals surface area contributed by atoms with Gasteiger partial charge < -0.3 is 5.32 Å². The van der Waals surface area contributed by atoms with Crippen molar-refractivity contribution in [2.45, 2.75) is 67.2 Å². The molecule has 0 saturated heterocycles. The maximum atomic E-state index is 12.4. The lowest BCUT2D eigenvalue weighted by atomic mass is 9.64. The van der Waals surface area contributed by atoms with Gasteiger partial charge in [-0.25, -0.2) is 0 Å². The summed E-state index contributed by atoms with van der Waals surface area (Å²) >= 11 is 0.